The van der Waals surface area contributed by atoms with Gasteiger partial charge in [-0.25, -0.2) is 4.98 Å². The standard InChI is InChI=1S/C13H16BrN3O4/c14-9-1-2-11(15-6-9)16-12(18)8-17-3-4-21-10(7-17)5-13(19)20/h1-2,6,10H,3-5,7-8H2,(H,19,20)(H,15,16,18). The number of aliphatic carboxylic acids is 1. The Hall–Kier alpha value is -1.51. The first-order valence-electron chi connectivity index (χ1n) is 6.50. The smallest absolute Gasteiger partial charge is 0.306 e. The Kier molecular flexibility index (Phi) is 5.66. The molecule has 1 aliphatic rings. The summed E-state index contributed by atoms with van der Waals surface area (Å²) < 4.78 is 6.20. The van der Waals surface area contributed by atoms with Crippen LogP contribution in [0.2, 0.25) is 0 Å². The van der Waals surface area contributed by atoms with Gasteiger partial charge < -0.3 is 15.2 Å². The minimum Gasteiger partial charge on any atom is -0.481 e. The van der Waals surface area contributed by atoms with Gasteiger partial charge in [-0.2, -0.15) is 0 Å². The van der Waals surface area contributed by atoms with Crippen molar-refractivity contribution in [2.45, 2.75) is 12.5 Å². The number of hydrogen-bond acceptors (Lipinski definition) is 5. The molecule has 1 atom stereocenters. The number of hydrogen-bond donors (Lipinski definition) is 2. The number of anilines is 1. The van der Waals surface area contributed by atoms with Gasteiger partial charge in [0.25, 0.3) is 0 Å². The number of ether oxygens (including phenoxy) is 1. The van der Waals surface area contributed by atoms with Crippen LogP contribution >= 0.6 is 15.9 Å². The predicted molar refractivity (Wildman–Crippen MR) is 79.0 cm³/mol. The number of rotatable bonds is 5. The van der Waals surface area contributed by atoms with Gasteiger partial charge in [0.1, 0.15) is 5.82 Å². The third kappa shape index (κ3) is 5.41. The van der Waals surface area contributed by atoms with Crippen molar-refractivity contribution in [1.82, 2.24) is 9.88 Å². The van der Waals surface area contributed by atoms with Crippen molar-refractivity contribution in [1.29, 1.82) is 0 Å². The first-order chi connectivity index (χ1) is 10.0. The Morgan fingerprint density at radius 1 is 1.52 bits per heavy atom. The molecule has 0 bridgehead atoms. The normalized spacial score (nSPS) is 19.2. The molecule has 7 nitrogen and oxygen atoms in total. The minimum atomic E-state index is -0.898. The molecular formula is C13H16BrN3O4. The Morgan fingerprint density at radius 2 is 2.33 bits per heavy atom. The van der Waals surface area contributed by atoms with Gasteiger partial charge in [0.2, 0.25) is 5.91 Å². The summed E-state index contributed by atoms with van der Waals surface area (Å²) in [6.45, 7) is 1.67. The van der Waals surface area contributed by atoms with Gasteiger partial charge in [0, 0.05) is 23.8 Å². The molecule has 0 saturated carbocycles. The van der Waals surface area contributed by atoms with Gasteiger partial charge in [-0.15, -0.1) is 0 Å². The number of carboxylic acids is 1. The van der Waals surface area contributed by atoms with E-state index in [1.54, 1.807) is 18.3 Å². The molecule has 1 saturated heterocycles. The number of nitrogens with zero attached hydrogens (tertiary/aromatic N) is 2. The first-order valence-corrected chi connectivity index (χ1v) is 7.29. The van der Waals surface area contributed by atoms with E-state index in [2.05, 4.69) is 26.2 Å². The van der Waals surface area contributed by atoms with Crippen molar-refractivity contribution in [2.24, 2.45) is 0 Å². The zero-order valence-corrected chi connectivity index (χ0v) is 12.9. The third-order valence-corrected chi connectivity index (χ3v) is 3.46. The molecule has 1 unspecified atom stereocenters. The molecule has 114 valence electrons. The van der Waals surface area contributed by atoms with Crippen molar-refractivity contribution in [2.75, 3.05) is 31.6 Å². The highest BCUT2D eigenvalue weighted by Gasteiger charge is 2.24. The maximum atomic E-state index is 11.9. The Balaban J connectivity index is 1.81. The van der Waals surface area contributed by atoms with Crippen LogP contribution < -0.4 is 5.32 Å². The fraction of sp³-hybridized carbons (Fsp3) is 0.462. The molecule has 0 aromatic carbocycles. The number of carboxylic acid groups (broad SMARTS) is 1. The Morgan fingerprint density at radius 3 is 3.00 bits per heavy atom. The lowest BCUT2D eigenvalue weighted by Gasteiger charge is -2.31. The predicted octanol–water partition coefficient (Wildman–Crippen LogP) is 0.958. The van der Waals surface area contributed by atoms with Crippen molar-refractivity contribution >= 4 is 33.6 Å². The van der Waals surface area contributed by atoms with Crippen LogP contribution in [0.5, 0.6) is 0 Å². The highest BCUT2D eigenvalue weighted by molar-refractivity contribution is 9.10. The van der Waals surface area contributed by atoms with Gasteiger partial charge in [0.15, 0.2) is 0 Å². The second-order valence-corrected chi connectivity index (χ2v) is 5.65. The van der Waals surface area contributed by atoms with Gasteiger partial charge in [-0.05, 0) is 28.1 Å². The molecule has 0 spiro atoms. The zero-order chi connectivity index (χ0) is 15.2. The zero-order valence-electron chi connectivity index (χ0n) is 11.3. The van der Waals surface area contributed by atoms with Gasteiger partial charge in [0.05, 0.1) is 25.7 Å². The van der Waals surface area contributed by atoms with Gasteiger partial charge in [-0.1, -0.05) is 0 Å². The fourth-order valence-electron chi connectivity index (χ4n) is 2.08. The Labute approximate surface area is 130 Å². The summed E-state index contributed by atoms with van der Waals surface area (Å²) in [6.07, 6.45) is 1.19. The molecule has 1 aromatic rings. The molecule has 1 aliphatic heterocycles. The van der Waals surface area contributed by atoms with Crippen LogP contribution in [-0.2, 0) is 14.3 Å². The largest absolute Gasteiger partial charge is 0.481 e. The number of carbonyl (C=O) groups excluding carboxylic acids is 1. The van der Waals surface area contributed by atoms with Crippen LogP contribution in [0.1, 0.15) is 6.42 Å². The van der Waals surface area contributed by atoms with E-state index in [1.807, 2.05) is 4.90 Å². The minimum absolute atomic E-state index is 0.0492. The summed E-state index contributed by atoms with van der Waals surface area (Å²) in [5.41, 5.74) is 0. The summed E-state index contributed by atoms with van der Waals surface area (Å²) in [6, 6.07) is 3.49. The van der Waals surface area contributed by atoms with E-state index in [0.717, 1.165) is 4.47 Å². The van der Waals surface area contributed by atoms with Crippen LogP contribution in [0, 0.1) is 0 Å². The van der Waals surface area contributed by atoms with E-state index in [-0.39, 0.29) is 25.0 Å². The SMILES string of the molecule is O=C(O)CC1CN(CC(=O)Nc2ccc(Br)cn2)CCO1. The van der Waals surface area contributed by atoms with E-state index in [0.29, 0.717) is 25.5 Å². The number of pyridine rings is 1. The highest BCUT2D eigenvalue weighted by Crippen LogP contribution is 2.11. The van der Waals surface area contributed by atoms with Crippen molar-refractivity contribution in [3.63, 3.8) is 0 Å². The second kappa shape index (κ2) is 7.48. The molecule has 2 rings (SSSR count). The summed E-state index contributed by atoms with van der Waals surface area (Å²) in [5, 5.41) is 11.5. The lowest BCUT2D eigenvalue weighted by Crippen LogP contribution is -2.46. The lowest BCUT2D eigenvalue weighted by atomic mass is 10.2. The van der Waals surface area contributed by atoms with E-state index in [4.69, 9.17) is 9.84 Å². The van der Waals surface area contributed by atoms with Crippen LogP contribution in [0.15, 0.2) is 22.8 Å². The number of carbonyl (C=O) groups is 2. The van der Waals surface area contributed by atoms with E-state index in [1.165, 1.54) is 0 Å². The number of aromatic nitrogens is 1. The van der Waals surface area contributed by atoms with E-state index < -0.39 is 5.97 Å². The lowest BCUT2D eigenvalue weighted by molar-refractivity contribution is -0.142. The number of halogens is 1. The van der Waals surface area contributed by atoms with Crippen molar-refractivity contribution in [3.8, 4) is 0 Å². The topological polar surface area (TPSA) is 91.8 Å². The summed E-state index contributed by atoms with van der Waals surface area (Å²) >= 11 is 3.27. The molecule has 1 aromatic heterocycles. The van der Waals surface area contributed by atoms with E-state index >= 15 is 0 Å². The highest BCUT2D eigenvalue weighted by atomic mass is 79.9. The molecular weight excluding hydrogens is 342 g/mol. The van der Waals surface area contributed by atoms with Crippen molar-refractivity contribution < 1.29 is 19.4 Å². The maximum absolute atomic E-state index is 11.9. The van der Waals surface area contributed by atoms with Crippen LogP contribution in [-0.4, -0.2) is 59.2 Å². The average Bonchev–Trinajstić information content (AvgIpc) is 2.41. The number of amides is 1. The monoisotopic (exact) mass is 357 g/mol. The quantitative estimate of drug-likeness (QED) is 0.815. The fourth-order valence-corrected chi connectivity index (χ4v) is 2.31. The van der Waals surface area contributed by atoms with Crippen LogP contribution in [0.3, 0.4) is 0 Å². The molecule has 21 heavy (non-hydrogen) atoms. The molecule has 1 fully saturated rings. The molecule has 0 radical (unpaired) electrons. The number of nitrogens with one attached hydrogen (secondary N) is 1. The first kappa shape index (κ1) is 15.9. The van der Waals surface area contributed by atoms with Crippen LogP contribution in [0.4, 0.5) is 5.82 Å². The average molecular weight is 358 g/mol. The van der Waals surface area contributed by atoms with Crippen LogP contribution in [0.25, 0.3) is 0 Å². The van der Waals surface area contributed by atoms with E-state index in [9.17, 15) is 9.59 Å². The molecule has 0 aliphatic carbocycles. The van der Waals surface area contributed by atoms with Gasteiger partial charge in [-0.3, -0.25) is 14.5 Å². The summed E-state index contributed by atoms with van der Waals surface area (Å²) in [4.78, 5) is 28.6. The molecule has 8 heteroatoms. The Bertz CT molecular complexity index is 509. The molecule has 2 N–H and O–H groups in total. The number of morpholine rings is 1. The maximum Gasteiger partial charge on any atom is 0.306 e. The third-order valence-electron chi connectivity index (χ3n) is 2.99. The van der Waals surface area contributed by atoms with Gasteiger partial charge >= 0.3 is 5.97 Å². The molecule has 2 heterocycles. The second-order valence-electron chi connectivity index (χ2n) is 4.74. The van der Waals surface area contributed by atoms with Crippen molar-refractivity contribution in [3.05, 3.63) is 22.8 Å². The summed E-state index contributed by atoms with van der Waals surface area (Å²) in [7, 11) is 0. The summed E-state index contributed by atoms with van der Waals surface area (Å²) in [5.74, 6) is -0.593. The molecule has 1 amide bonds.